The van der Waals surface area contributed by atoms with E-state index in [1.165, 1.54) is 16.0 Å². The second-order valence-corrected chi connectivity index (χ2v) is 13.5. The fraction of sp³-hybridized carbons (Fsp3) is 0.429. The Hall–Kier alpha value is -6.42. The average molecular weight is 744 g/mol. The molecule has 0 bridgehead atoms. The Labute approximate surface area is 315 Å². The van der Waals surface area contributed by atoms with E-state index in [-0.39, 0.29) is 13.5 Å². The zero-order chi connectivity index (χ0) is 39.0. The molecule has 5 heterocycles. The van der Waals surface area contributed by atoms with Crippen LogP contribution in [0.3, 0.4) is 0 Å². The Morgan fingerprint density at radius 3 is 1.56 bits per heavy atom. The molecule has 0 aromatic carbocycles. The predicted octanol–water partition coefficient (Wildman–Crippen LogP) is 5.25. The zero-order valence-electron chi connectivity index (χ0n) is 31.3. The van der Waals surface area contributed by atoms with Crippen LogP contribution in [0.4, 0.5) is 15.3 Å². The molecule has 19 heteroatoms. The van der Waals surface area contributed by atoms with Gasteiger partial charge in [-0.05, 0) is 93.9 Å². The molecule has 2 amide bonds. The van der Waals surface area contributed by atoms with Crippen molar-refractivity contribution >= 4 is 17.9 Å². The Bertz CT molecular complexity index is 1920. The number of carbonyl (C=O) groups excluding carboxylic acids is 2. The van der Waals surface area contributed by atoms with E-state index in [1.54, 1.807) is 51.1 Å². The summed E-state index contributed by atoms with van der Waals surface area (Å²) in [7, 11) is 5.22. The molecule has 288 valence electrons. The number of rotatable bonds is 8. The van der Waals surface area contributed by atoms with Crippen molar-refractivity contribution in [2.75, 3.05) is 21.1 Å². The van der Waals surface area contributed by atoms with Crippen molar-refractivity contribution in [1.29, 1.82) is 0 Å². The first-order valence-corrected chi connectivity index (χ1v) is 16.3. The highest BCUT2D eigenvalue weighted by atomic mass is 16.6. The van der Waals surface area contributed by atoms with Crippen LogP contribution in [-0.2, 0) is 29.1 Å². The molecule has 0 spiro atoms. The Kier molecular flexibility index (Phi) is 16.7. The molecule has 5 rings (SSSR count). The monoisotopic (exact) mass is 743 g/mol. The molecule has 0 atom stereocenters. The summed E-state index contributed by atoms with van der Waals surface area (Å²) >= 11 is 0. The molecule has 5 aromatic heterocycles. The fourth-order valence-electron chi connectivity index (χ4n) is 4.15. The average Bonchev–Trinajstić information content (AvgIpc) is 3.84. The number of ether oxygens (including phenoxy) is 2. The second kappa shape index (κ2) is 20.6. The summed E-state index contributed by atoms with van der Waals surface area (Å²) in [4.78, 5) is 42.1. The van der Waals surface area contributed by atoms with Crippen molar-refractivity contribution in [2.24, 2.45) is 0 Å². The van der Waals surface area contributed by atoms with Crippen LogP contribution in [0.1, 0.15) is 65.7 Å². The van der Waals surface area contributed by atoms with E-state index in [2.05, 4.69) is 66.4 Å². The molecule has 0 aliphatic carbocycles. The predicted molar refractivity (Wildman–Crippen MR) is 200 cm³/mol. The number of nitrogens with one attached hydrogen (secondary N) is 3. The van der Waals surface area contributed by atoms with Gasteiger partial charge in [0, 0.05) is 75.5 Å². The van der Waals surface area contributed by atoms with Gasteiger partial charge in [-0.1, -0.05) is 7.43 Å². The Balaban J connectivity index is 0.000000283. The molecule has 3 N–H and O–H groups in total. The standard InChI is InChI=1S/C13H18N6O2.C13H17N3O2.C8H10N6.CH4/c1-13(2,3)21-12(20)19(4)8-9-5-10(7-14-6-9)11-15-17-18-16-11;1-13(2,3)18-12(17)16(5)9-10-6-11(14-4)8-15-7-10;1-9-3-6-2-7(5-10-4-6)8-11-13-14-12-8;/h5-7H,8H2,1-4H3,(H,15,16,17,18);6-8H,9H2,1-3,5H3;2,4-5,9H,3H2,1H3,(H,11,12,13,14);1H4. The third kappa shape index (κ3) is 15.4. The van der Waals surface area contributed by atoms with Crippen molar-refractivity contribution in [1.82, 2.24) is 71.3 Å². The van der Waals surface area contributed by atoms with E-state index >= 15 is 0 Å². The molecular weight excluding hydrogens is 694 g/mol. The van der Waals surface area contributed by atoms with Crippen molar-refractivity contribution < 1.29 is 19.1 Å². The molecule has 0 aliphatic rings. The van der Waals surface area contributed by atoms with Gasteiger partial charge >= 0.3 is 12.2 Å². The van der Waals surface area contributed by atoms with Gasteiger partial charge in [0.25, 0.3) is 0 Å². The summed E-state index contributed by atoms with van der Waals surface area (Å²) in [5, 5.41) is 30.4. The number of aromatic amines is 2. The van der Waals surface area contributed by atoms with Crippen molar-refractivity contribution in [3.63, 3.8) is 0 Å². The number of H-pyrrole nitrogens is 2. The normalized spacial score (nSPS) is 10.6. The number of hydrogen-bond donors (Lipinski definition) is 3. The topological polar surface area (TPSA) is 223 Å². The number of nitrogens with zero attached hydrogens (tertiary/aromatic N) is 12. The van der Waals surface area contributed by atoms with Gasteiger partial charge in [-0.3, -0.25) is 15.0 Å². The highest BCUT2D eigenvalue weighted by Crippen LogP contribution is 2.17. The van der Waals surface area contributed by atoms with Crippen LogP contribution in [0.2, 0.25) is 0 Å². The minimum atomic E-state index is -0.518. The second-order valence-electron chi connectivity index (χ2n) is 13.5. The summed E-state index contributed by atoms with van der Waals surface area (Å²) in [6.07, 6.45) is 9.19. The first kappa shape index (κ1) is 43.7. The van der Waals surface area contributed by atoms with Gasteiger partial charge in [0.2, 0.25) is 17.3 Å². The number of hydrogen-bond acceptors (Lipinski definition) is 14. The van der Waals surface area contributed by atoms with Crippen LogP contribution in [0.5, 0.6) is 0 Å². The maximum Gasteiger partial charge on any atom is 0.410 e. The van der Waals surface area contributed by atoms with Crippen LogP contribution in [-0.4, -0.2) is 111 Å². The third-order valence-corrected chi connectivity index (χ3v) is 6.34. The number of aromatic nitrogens is 11. The molecule has 54 heavy (non-hydrogen) atoms. The van der Waals surface area contributed by atoms with Crippen LogP contribution < -0.4 is 5.32 Å². The molecule has 19 nitrogen and oxygen atoms in total. The van der Waals surface area contributed by atoms with Crippen LogP contribution in [0.25, 0.3) is 27.6 Å². The lowest BCUT2D eigenvalue weighted by Gasteiger charge is -2.24. The van der Waals surface area contributed by atoms with E-state index in [4.69, 9.17) is 16.0 Å². The highest BCUT2D eigenvalue weighted by molar-refractivity contribution is 5.68. The van der Waals surface area contributed by atoms with E-state index in [0.29, 0.717) is 30.4 Å². The quantitative estimate of drug-likeness (QED) is 0.173. The number of pyridine rings is 3. The van der Waals surface area contributed by atoms with Gasteiger partial charge in [-0.15, -0.1) is 20.4 Å². The van der Waals surface area contributed by atoms with E-state index in [9.17, 15) is 9.59 Å². The lowest BCUT2D eigenvalue weighted by atomic mass is 10.2. The summed E-state index contributed by atoms with van der Waals surface area (Å²) in [5.74, 6) is 1.03. The van der Waals surface area contributed by atoms with Crippen LogP contribution in [0.15, 0.2) is 55.4 Å². The molecule has 0 aliphatic heterocycles. The fourth-order valence-corrected chi connectivity index (χ4v) is 4.15. The Morgan fingerprint density at radius 2 is 1.15 bits per heavy atom. The molecule has 0 unspecified atom stereocenters. The van der Waals surface area contributed by atoms with Crippen LogP contribution in [0, 0.1) is 6.57 Å². The molecule has 0 radical (unpaired) electrons. The van der Waals surface area contributed by atoms with E-state index in [0.717, 1.165) is 34.4 Å². The molecule has 0 saturated carbocycles. The minimum Gasteiger partial charge on any atom is -0.444 e. The van der Waals surface area contributed by atoms with E-state index < -0.39 is 17.3 Å². The first-order valence-electron chi connectivity index (χ1n) is 16.3. The van der Waals surface area contributed by atoms with Gasteiger partial charge in [0.05, 0.1) is 13.1 Å². The lowest BCUT2D eigenvalue weighted by molar-refractivity contribution is 0.0275. The van der Waals surface area contributed by atoms with Gasteiger partial charge in [0.1, 0.15) is 11.2 Å². The molecule has 5 aromatic rings. The maximum atomic E-state index is 11.9. The number of carbonyl (C=O) groups is 2. The molecule has 0 fully saturated rings. The van der Waals surface area contributed by atoms with Crippen molar-refractivity contribution in [2.45, 2.75) is 79.8 Å². The lowest BCUT2D eigenvalue weighted by Crippen LogP contribution is -2.33. The highest BCUT2D eigenvalue weighted by Gasteiger charge is 2.21. The van der Waals surface area contributed by atoms with Crippen molar-refractivity contribution in [3.05, 3.63) is 83.5 Å². The summed E-state index contributed by atoms with van der Waals surface area (Å²) in [5.41, 5.74) is 3.78. The third-order valence-electron chi connectivity index (χ3n) is 6.34. The van der Waals surface area contributed by atoms with Crippen molar-refractivity contribution in [3.8, 4) is 22.8 Å². The van der Waals surface area contributed by atoms with Gasteiger partial charge < -0.3 is 24.6 Å². The molecule has 0 saturated heterocycles. The zero-order valence-corrected chi connectivity index (χ0v) is 31.3. The largest absolute Gasteiger partial charge is 0.444 e. The first-order chi connectivity index (χ1) is 25.1. The van der Waals surface area contributed by atoms with Gasteiger partial charge in [-0.2, -0.15) is 10.4 Å². The smallest absolute Gasteiger partial charge is 0.410 e. The van der Waals surface area contributed by atoms with Gasteiger partial charge in [0.15, 0.2) is 0 Å². The minimum absolute atomic E-state index is 0. The summed E-state index contributed by atoms with van der Waals surface area (Å²) < 4.78 is 10.5. The molecular formula is C35H49N15O4. The summed E-state index contributed by atoms with van der Waals surface area (Å²) in [6.45, 7) is 19.4. The van der Waals surface area contributed by atoms with Crippen LogP contribution >= 0.6 is 0 Å². The number of tetrazole rings is 2. The van der Waals surface area contributed by atoms with E-state index in [1.807, 2.05) is 60.7 Å². The Morgan fingerprint density at radius 1 is 0.722 bits per heavy atom. The number of amides is 2. The maximum absolute atomic E-state index is 11.9. The SMILES string of the molecule is C.CN(Cc1cncc(-c2nn[nH]n2)c1)C(=O)OC(C)(C)C.CNCc1cncc(-c2nn[nH]n2)c1.[C-]#[N+]c1cncc(CN(C)C(=O)OC(C)(C)C)c1. The van der Waals surface area contributed by atoms with Gasteiger partial charge in [-0.25, -0.2) is 14.4 Å². The summed E-state index contributed by atoms with van der Waals surface area (Å²) in [6, 6.07) is 5.55.